The van der Waals surface area contributed by atoms with Gasteiger partial charge >= 0.3 is 0 Å². The highest BCUT2D eigenvalue weighted by Gasteiger charge is 2.14. The Kier molecular flexibility index (Phi) is 7.00. The van der Waals surface area contributed by atoms with Crippen LogP contribution in [0.2, 0.25) is 0 Å². The second-order valence-electron chi connectivity index (χ2n) is 6.56. The molecule has 0 fully saturated rings. The van der Waals surface area contributed by atoms with Crippen LogP contribution in [0.3, 0.4) is 0 Å². The minimum atomic E-state index is -0.637. The fourth-order valence-electron chi connectivity index (χ4n) is 2.81. The van der Waals surface area contributed by atoms with Gasteiger partial charge in [0.15, 0.2) is 6.10 Å². The molecule has 2 N–H and O–H groups in total. The van der Waals surface area contributed by atoms with E-state index in [-0.39, 0.29) is 11.8 Å². The van der Waals surface area contributed by atoms with Gasteiger partial charge in [-0.3, -0.25) is 9.59 Å². The second kappa shape index (κ2) is 10.1. The molecule has 0 aliphatic carbocycles. The summed E-state index contributed by atoms with van der Waals surface area (Å²) in [5, 5.41) is 5.54. The van der Waals surface area contributed by atoms with Gasteiger partial charge in [0.25, 0.3) is 11.8 Å². The Bertz CT molecular complexity index is 925. The average molecular weight is 388 g/mol. The highest BCUT2D eigenvalue weighted by molar-refractivity contribution is 5.94. The Hall–Kier alpha value is -3.60. The Morgan fingerprint density at radius 2 is 1.31 bits per heavy atom. The molecule has 0 radical (unpaired) electrons. The molecular formula is C24H24N2O3. The fourth-order valence-corrected chi connectivity index (χ4v) is 2.81. The first-order valence-corrected chi connectivity index (χ1v) is 9.56. The van der Waals surface area contributed by atoms with E-state index in [9.17, 15) is 9.59 Å². The van der Waals surface area contributed by atoms with Crippen molar-refractivity contribution in [2.24, 2.45) is 0 Å². The topological polar surface area (TPSA) is 67.4 Å². The van der Waals surface area contributed by atoms with Crippen LogP contribution in [0, 0.1) is 0 Å². The quantitative estimate of drug-likeness (QED) is 0.579. The van der Waals surface area contributed by atoms with Crippen molar-refractivity contribution in [3.05, 3.63) is 90.5 Å². The lowest BCUT2D eigenvalue weighted by atomic mass is 10.1. The molecule has 3 aromatic carbocycles. The summed E-state index contributed by atoms with van der Waals surface area (Å²) in [5.41, 5.74) is 2.81. The van der Waals surface area contributed by atoms with E-state index in [4.69, 9.17) is 4.74 Å². The summed E-state index contributed by atoms with van der Waals surface area (Å²) in [7, 11) is 0. The van der Waals surface area contributed by atoms with Crippen molar-refractivity contribution in [3.8, 4) is 16.9 Å². The number of hydrogen-bond acceptors (Lipinski definition) is 3. The molecule has 0 aliphatic rings. The number of ether oxygens (including phenoxy) is 1. The normalized spacial score (nSPS) is 11.3. The minimum Gasteiger partial charge on any atom is -0.481 e. The predicted molar refractivity (Wildman–Crippen MR) is 114 cm³/mol. The van der Waals surface area contributed by atoms with Gasteiger partial charge in [0.1, 0.15) is 5.75 Å². The van der Waals surface area contributed by atoms with Crippen molar-refractivity contribution in [3.63, 3.8) is 0 Å². The molecule has 0 saturated carbocycles. The van der Waals surface area contributed by atoms with Crippen LogP contribution in [0.1, 0.15) is 17.3 Å². The summed E-state index contributed by atoms with van der Waals surface area (Å²) in [4.78, 5) is 24.1. The number of hydrogen-bond donors (Lipinski definition) is 2. The van der Waals surface area contributed by atoms with E-state index in [0.29, 0.717) is 24.4 Å². The monoisotopic (exact) mass is 388 g/mol. The number of amides is 2. The summed E-state index contributed by atoms with van der Waals surface area (Å²) < 4.78 is 5.72. The standard InChI is InChI=1S/C24H24N2O3/c1-18(23(27)25-16-17-26-24(28)21-10-6-3-7-11-21)29-22-14-12-20(13-15-22)19-8-4-2-5-9-19/h2-15,18H,16-17H2,1H3,(H,25,27)(H,26,28). The average Bonchev–Trinajstić information content (AvgIpc) is 2.78. The van der Waals surface area contributed by atoms with E-state index in [1.165, 1.54) is 0 Å². The first kappa shape index (κ1) is 20.1. The van der Waals surface area contributed by atoms with E-state index < -0.39 is 6.10 Å². The molecule has 0 bridgehead atoms. The summed E-state index contributed by atoms with van der Waals surface area (Å²) in [5.74, 6) is 0.235. The molecule has 148 valence electrons. The molecule has 5 heteroatoms. The Labute approximate surface area is 170 Å². The molecule has 0 heterocycles. The van der Waals surface area contributed by atoms with Gasteiger partial charge in [-0.1, -0.05) is 60.7 Å². The molecule has 3 aromatic rings. The first-order chi connectivity index (χ1) is 14.1. The SMILES string of the molecule is CC(Oc1ccc(-c2ccccc2)cc1)C(=O)NCCNC(=O)c1ccccc1. The van der Waals surface area contributed by atoms with E-state index >= 15 is 0 Å². The van der Waals surface area contributed by atoms with Crippen LogP contribution in [0.15, 0.2) is 84.9 Å². The van der Waals surface area contributed by atoms with Crippen LogP contribution in [-0.2, 0) is 4.79 Å². The number of rotatable bonds is 8. The number of carbonyl (C=O) groups excluding carboxylic acids is 2. The smallest absolute Gasteiger partial charge is 0.260 e. The van der Waals surface area contributed by atoms with Crippen LogP contribution in [-0.4, -0.2) is 31.0 Å². The molecule has 1 unspecified atom stereocenters. The molecule has 0 spiro atoms. The summed E-state index contributed by atoms with van der Waals surface area (Å²) in [6.45, 7) is 2.37. The van der Waals surface area contributed by atoms with Gasteiger partial charge in [-0.25, -0.2) is 0 Å². The zero-order chi connectivity index (χ0) is 20.5. The zero-order valence-corrected chi connectivity index (χ0v) is 16.3. The second-order valence-corrected chi connectivity index (χ2v) is 6.56. The highest BCUT2D eigenvalue weighted by Crippen LogP contribution is 2.22. The van der Waals surface area contributed by atoms with E-state index in [0.717, 1.165) is 11.1 Å². The molecule has 3 rings (SSSR count). The maximum atomic E-state index is 12.2. The van der Waals surface area contributed by atoms with Crippen LogP contribution < -0.4 is 15.4 Å². The molecule has 29 heavy (non-hydrogen) atoms. The van der Waals surface area contributed by atoms with Gasteiger partial charge in [-0.15, -0.1) is 0 Å². The largest absolute Gasteiger partial charge is 0.481 e. The summed E-state index contributed by atoms with van der Waals surface area (Å²) in [6.07, 6.45) is -0.637. The van der Waals surface area contributed by atoms with Crippen molar-refractivity contribution in [2.75, 3.05) is 13.1 Å². The molecule has 0 saturated heterocycles. The molecule has 1 atom stereocenters. The molecule has 0 aliphatic heterocycles. The van der Waals surface area contributed by atoms with Crippen molar-refractivity contribution < 1.29 is 14.3 Å². The van der Waals surface area contributed by atoms with Gasteiger partial charge in [-0.05, 0) is 42.3 Å². The number of carbonyl (C=O) groups is 2. The highest BCUT2D eigenvalue weighted by atomic mass is 16.5. The lowest BCUT2D eigenvalue weighted by molar-refractivity contribution is -0.127. The fraction of sp³-hybridized carbons (Fsp3) is 0.167. The molecule has 5 nitrogen and oxygen atoms in total. The van der Waals surface area contributed by atoms with Crippen molar-refractivity contribution >= 4 is 11.8 Å². The van der Waals surface area contributed by atoms with Crippen molar-refractivity contribution in [1.29, 1.82) is 0 Å². The van der Waals surface area contributed by atoms with Gasteiger partial charge in [-0.2, -0.15) is 0 Å². The van der Waals surface area contributed by atoms with Crippen molar-refractivity contribution in [1.82, 2.24) is 10.6 Å². The maximum absolute atomic E-state index is 12.2. The first-order valence-electron chi connectivity index (χ1n) is 9.56. The van der Waals surface area contributed by atoms with E-state index in [1.807, 2.05) is 72.8 Å². The molecule has 0 aromatic heterocycles. The van der Waals surface area contributed by atoms with E-state index in [1.54, 1.807) is 19.1 Å². The summed E-state index contributed by atoms with van der Waals surface area (Å²) in [6, 6.07) is 26.7. The van der Waals surface area contributed by atoms with Gasteiger partial charge < -0.3 is 15.4 Å². The lowest BCUT2D eigenvalue weighted by Gasteiger charge is -2.15. The van der Waals surface area contributed by atoms with Crippen LogP contribution in [0.5, 0.6) is 5.75 Å². The van der Waals surface area contributed by atoms with E-state index in [2.05, 4.69) is 10.6 Å². The van der Waals surface area contributed by atoms with Gasteiger partial charge in [0, 0.05) is 18.7 Å². The zero-order valence-electron chi connectivity index (χ0n) is 16.3. The molecular weight excluding hydrogens is 364 g/mol. The third-order valence-electron chi connectivity index (χ3n) is 4.39. The van der Waals surface area contributed by atoms with Crippen molar-refractivity contribution in [2.45, 2.75) is 13.0 Å². The third kappa shape index (κ3) is 5.94. The minimum absolute atomic E-state index is 0.164. The predicted octanol–water partition coefficient (Wildman–Crippen LogP) is 3.67. The Morgan fingerprint density at radius 3 is 1.97 bits per heavy atom. The van der Waals surface area contributed by atoms with Crippen LogP contribution in [0.4, 0.5) is 0 Å². The Morgan fingerprint density at radius 1 is 0.759 bits per heavy atom. The van der Waals surface area contributed by atoms with Crippen LogP contribution in [0.25, 0.3) is 11.1 Å². The molecule has 2 amide bonds. The van der Waals surface area contributed by atoms with Crippen LogP contribution >= 0.6 is 0 Å². The third-order valence-corrected chi connectivity index (χ3v) is 4.39. The summed E-state index contributed by atoms with van der Waals surface area (Å²) >= 11 is 0. The number of benzene rings is 3. The maximum Gasteiger partial charge on any atom is 0.260 e. The van der Waals surface area contributed by atoms with Gasteiger partial charge in [0.2, 0.25) is 0 Å². The Balaban J connectivity index is 1.41. The van der Waals surface area contributed by atoms with Gasteiger partial charge in [0.05, 0.1) is 0 Å². The number of nitrogens with one attached hydrogen (secondary N) is 2. The lowest BCUT2D eigenvalue weighted by Crippen LogP contribution is -2.40.